The van der Waals surface area contributed by atoms with E-state index >= 15 is 0 Å². The minimum Gasteiger partial charge on any atom is -0.289 e. The Balaban J connectivity index is 1.60. The van der Waals surface area contributed by atoms with Crippen molar-refractivity contribution in [2.75, 3.05) is 0 Å². The maximum Gasteiger partial charge on any atom is 0.522 e. The predicted octanol–water partition coefficient (Wildman–Crippen LogP) is 7.49. The summed E-state index contributed by atoms with van der Waals surface area (Å²) in [5, 5.41) is 0. The molecular weight excluding hydrogens is 399 g/mol. The van der Waals surface area contributed by atoms with Crippen molar-refractivity contribution in [1.29, 1.82) is 0 Å². The van der Waals surface area contributed by atoms with Gasteiger partial charge < -0.3 is 0 Å². The largest absolute Gasteiger partial charge is 0.522 e. The van der Waals surface area contributed by atoms with Gasteiger partial charge in [-0.15, -0.1) is 13.2 Å². The summed E-state index contributed by atoms with van der Waals surface area (Å²) in [6, 6.07) is 2.82. The van der Waals surface area contributed by atoms with Crippen molar-refractivity contribution >= 4 is 0 Å². The molecule has 0 atom stereocenters. The molecule has 3 rings (SSSR count). The van der Waals surface area contributed by atoms with E-state index in [1.807, 2.05) is 0 Å². The van der Waals surface area contributed by atoms with E-state index < -0.39 is 24.1 Å². The zero-order valence-corrected chi connectivity index (χ0v) is 17.3. The molecule has 6 heteroatoms. The van der Waals surface area contributed by atoms with Gasteiger partial charge in [-0.25, -0.2) is 8.78 Å². The van der Waals surface area contributed by atoms with Crippen LogP contribution in [-0.4, -0.2) is 12.5 Å². The van der Waals surface area contributed by atoms with Crippen LogP contribution in [0.1, 0.15) is 88.2 Å². The number of alkyl halides is 3. The fourth-order valence-corrected chi connectivity index (χ4v) is 4.83. The molecule has 0 heterocycles. The fraction of sp³-hybridized carbons (Fsp3) is 0.667. The number of ether oxygens (including phenoxy) is 1. The Morgan fingerprint density at radius 2 is 1.53 bits per heavy atom. The molecule has 2 saturated carbocycles. The average molecular weight is 428 g/mol. The standard InChI is InChI=1S/C24H29F5O/c1-2-3-16-4-9-18(10-5-16)19-14-22(25)21(23(26)15-19)13-8-17-6-11-20(12-7-17)30-24(27,28)29/h14-18,20H,2-7,9-12H2,1H3. The quantitative estimate of drug-likeness (QED) is 0.357. The SMILES string of the molecule is CCCC1CCC(c2cc(F)c(C#CC3CCC(OC(F)(F)F)CC3)c(F)c2)CC1. The second-order valence-electron chi connectivity index (χ2n) is 8.67. The van der Waals surface area contributed by atoms with Crippen molar-refractivity contribution in [3.05, 3.63) is 34.9 Å². The molecular formula is C24H29F5O. The summed E-state index contributed by atoms with van der Waals surface area (Å²) in [7, 11) is 0. The highest BCUT2D eigenvalue weighted by Gasteiger charge is 2.35. The lowest BCUT2D eigenvalue weighted by atomic mass is 9.77. The van der Waals surface area contributed by atoms with E-state index in [1.165, 1.54) is 25.0 Å². The molecule has 166 valence electrons. The Kier molecular flexibility index (Phi) is 7.79. The molecule has 0 unspecified atom stereocenters. The normalized spacial score (nSPS) is 27.4. The van der Waals surface area contributed by atoms with Crippen molar-refractivity contribution in [2.45, 2.75) is 89.5 Å². The smallest absolute Gasteiger partial charge is 0.289 e. The molecule has 0 spiro atoms. The molecule has 0 aliphatic heterocycles. The summed E-state index contributed by atoms with van der Waals surface area (Å²) >= 11 is 0. The van der Waals surface area contributed by atoms with Crippen LogP contribution in [0.5, 0.6) is 0 Å². The predicted molar refractivity (Wildman–Crippen MR) is 106 cm³/mol. The van der Waals surface area contributed by atoms with Crippen molar-refractivity contribution in [3.63, 3.8) is 0 Å². The lowest BCUT2D eigenvalue weighted by Gasteiger charge is -2.28. The van der Waals surface area contributed by atoms with Crippen LogP contribution in [0.15, 0.2) is 12.1 Å². The summed E-state index contributed by atoms with van der Waals surface area (Å²) in [5.41, 5.74) is 0.461. The fourth-order valence-electron chi connectivity index (χ4n) is 4.83. The minimum absolute atomic E-state index is 0.176. The van der Waals surface area contributed by atoms with Crippen molar-refractivity contribution < 1.29 is 26.7 Å². The summed E-state index contributed by atoms with van der Waals surface area (Å²) in [6.07, 6.45) is 2.34. The van der Waals surface area contributed by atoms with E-state index in [1.54, 1.807) is 0 Å². The van der Waals surface area contributed by atoms with Gasteiger partial charge in [0, 0.05) is 5.92 Å². The first-order valence-electron chi connectivity index (χ1n) is 11.0. The van der Waals surface area contributed by atoms with E-state index in [9.17, 15) is 22.0 Å². The third kappa shape index (κ3) is 6.44. The minimum atomic E-state index is -4.63. The van der Waals surface area contributed by atoms with Gasteiger partial charge in [0.1, 0.15) is 11.6 Å². The van der Waals surface area contributed by atoms with E-state index in [2.05, 4.69) is 23.5 Å². The van der Waals surface area contributed by atoms with Gasteiger partial charge in [-0.2, -0.15) is 0 Å². The third-order valence-corrected chi connectivity index (χ3v) is 6.46. The second-order valence-corrected chi connectivity index (χ2v) is 8.67. The van der Waals surface area contributed by atoms with Gasteiger partial charge >= 0.3 is 6.36 Å². The van der Waals surface area contributed by atoms with E-state index in [4.69, 9.17) is 0 Å². The topological polar surface area (TPSA) is 9.23 Å². The van der Waals surface area contributed by atoms with E-state index in [0.717, 1.165) is 31.6 Å². The summed E-state index contributed by atoms with van der Waals surface area (Å²) in [4.78, 5) is 0. The highest BCUT2D eigenvalue weighted by Crippen LogP contribution is 2.38. The van der Waals surface area contributed by atoms with Gasteiger partial charge in [0.15, 0.2) is 0 Å². The van der Waals surface area contributed by atoms with Gasteiger partial charge in [0.25, 0.3) is 0 Å². The first-order chi connectivity index (χ1) is 14.2. The Bertz CT molecular complexity index is 737. The molecule has 2 aliphatic carbocycles. The van der Waals surface area contributed by atoms with Gasteiger partial charge in [-0.1, -0.05) is 31.6 Å². The van der Waals surface area contributed by atoms with Crippen molar-refractivity contribution in [3.8, 4) is 11.8 Å². The monoisotopic (exact) mass is 428 g/mol. The van der Waals surface area contributed by atoms with Crippen LogP contribution < -0.4 is 0 Å². The number of hydrogen-bond acceptors (Lipinski definition) is 1. The molecule has 2 fully saturated rings. The van der Waals surface area contributed by atoms with Gasteiger partial charge in [-0.05, 0) is 80.9 Å². The zero-order chi connectivity index (χ0) is 21.7. The summed E-state index contributed by atoms with van der Waals surface area (Å²) in [5.74, 6) is 4.90. The maximum absolute atomic E-state index is 14.6. The number of hydrogen-bond donors (Lipinski definition) is 0. The van der Waals surface area contributed by atoms with Crippen LogP contribution in [0.25, 0.3) is 0 Å². The number of benzene rings is 1. The molecule has 1 aromatic rings. The van der Waals surface area contributed by atoms with Gasteiger partial charge in [-0.3, -0.25) is 4.74 Å². The van der Waals surface area contributed by atoms with Crippen molar-refractivity contribution in [2.24, 2.45) is 11.8 Å². The highest BCUT2D eigenvalue weighted by atomic mass is 19.4. The molecule has 0 amide bonds. The van der Waals surface area contributed by atoms with Crippen LogP contribution in [0, 0.1) is 35.3 Å². The molecule has 30 heavy (non-hydrogen) atoms. The average Bonchev–Trinajstić information content (AvgIpc) is 2.68. The van der Waals surface area contributed by atoms with Gasteiger partial charge in [0.2, 0.25) is 0 Å². The van der Waals surface area contributed by atoms with E-state index in [-0.39, 0.29) is 30.2 Å². The van der Waals surface area contributed by atoms with Crippen LogP contribution in [0.3, 0.4) is 0 Å². The highest BCUT2D eigenvalue weighted by molar-refractivity contribution is 5.40. The first kappa shape index (κ1) is 23.1. The molecule has 0 bridgehead atoms. The Morgan fingerprint density at radius 3 is 2.07 bits per heavy atom. The first-order valence-corrected chi connectivity index (χ1v) is 11.0. The zero-order valence-electron chi connectivity index (χ0n) is 17.3. The van der Waals surface area contributed by atoms with Crippen LogP contribution in [0.2, 0.25) is 0 Å². The number of rotatable bonds is 4. The Hall–Kier alpha value is -1.61. The lowest BCUT2D eigenvalue weighted by molar-refractivity contribution is -0.345. The summed E-state index contributed by atoms with van der Waals surface area (Å²) in [6.45, 7) is 2.18. The Labute approximate surface area is 175 Å². The molecule has 0 radical (unpaired) electrons. The molecule has 0 saturated heterocycles. The summed E-state index contributed by atoms with van der Waals surface area (Å²) < 4.78 is 70.1. The second kappa shape index (κ2) is 10.1. The lowest BCUT2D eigenvalue weighted by Crippen LogP contribution is -2.27. The molecule has 0 N–H and O–H groups in total. The Morgan fingerprint density at radius 1 is 0.933 bits per heavy atom. The molecule has 1 nitrogen and oxygen atoms in total. The number of halogens is 5. The van der Waals surface area contributed by atoms with Crippen molar-refractivity contribution in [1.82, 2.24) is 0 Å². The molecule has 2 aliphatic rings. The van der Waals surface area contributed by atoms with Crippen LogP contribution in [-0.2, 0) is 4.74 Å². The van der Waals surface area contributed by atoms with E-state index in [0.29, 0.717) is 18.4 Å². The molecule has 1 aromatic carbocycles. The van der Waals surface area contributed by atoms with Crippen LogP contribution in [0.4, 0.5) is 22.0 Å². The van der Waals surface area contributed by atoms with Gasteiger partial charge in [0.05, 0.1) is 11.7 Å². The maximum atomic E-state index is 14.6. The third-order valence-electron chi connectivity index (χ3n) is 6.46. The van der Waals surface area contributed by atoms with Crippen LogP contribution >= 0.6 is 0 Å². The molecule has 0 aromatic heterocycles.